The third-order valence-electron chi connectivity index (χ3n) is 3.69. The molecule has 0 radical (unpaired) electrons. The third kappa shape index (κ3) is 4.31. The zero-order valence-corrected chi connectivity index (χ0v) is 15.3. The van der Waals surface area contributed by atoms with Crippen LogP contribution in [-0.2, 0) is 0 Å². The molecule has 3 aromatic rings. The molecule has 0 aliphatic rings. The second-order valence-electron chi connectivity index (χ2n) is 5.80. The van der Waals surface area contributed by atoms with E-state index in [0.717, 1.165) is 10.5 Å². The average Bonchev–Trinajstić information content (AvgIpc) is 2.64. The highest BCUT2D eigenvalue weighted by Crippen LogP contribution is 2.32. The number of carbonyl (C=O) groups is 1. The van der Waals surface area contributed by atoms with Crippen LogP contribution in [-0.4, -0.2) is 15.9 Å². The number of aryl methyl sites for hydroxylation is 2. The van der Waals surface area contributed by atoms with Crippen LogP contribution in [0.15, 0.2) is 64.8 Å². The second-order valence-corrected chi connectivity index (χ2v) is 6.86. The first-order valence-corrected chi connectivity index (χ1v) is 8.82. The zero-order chi connectivity index (χ0) is 18.5. The number of rotatable bonds is 5. The van der Waals surface area contributed by atoms with Gasteiger partial charge < -0.3 is 5.73 Å². The van der Waals surface area contributed by atoms with Gasteiger partial charge in [-0.05, 0) is 38.1 Å². The first-order chi connectivity index (χ1) is 12.5. The molecule has 7 heteroatoms. The van der Waals surface area contributed by atoms with Gasteiger partial charge in [0.25, 0.3) is 5.91 Å². The fourth-order valence-electron chi connectivity index (χ4n) is 2.17. The van der Waals surface area contributed by atoms with Crippen molar-refractivity contribution in [3.05, 3.63) is 71.5 Å². The summed E-state index contributed by atoms with van der Waals surface area (Å²) in [6.45, 7) is 4.00. The van der Waals surface area contributed by atoms with Crippen molar-refractivity contribution in [1.29, 1.82) is 0 Å². The van der Waals surface area contributed by atoms with Crippen molar-refractivity contribution in [3.8, 4) is 0 Å². The minimum Gasteiger partial charge on any atom is -0.393 e. The van der Waals surface area contributed by atoms with Crippen LogP contribution in [0.5, 0.6) is 0 Å². The molecule has 3 rings (SSSR count). The molecule has 0 spiro atoms. The minimum absolute atomic E-state index is 0.268. The van der Waals surface area contributed by atoms with Crippen LogP contribution in [0, 0.1) is 13.8 Å². The highest BCUT2D eigenvalue weighted by Gasteiger charge is 2.11. The van der Waals surface area contributed by atoms with Crippen molar-refractivity contribution in [2.75, 3.05) is 11.2 Å². The number of hydrogen-bond donors (Lipinski definition) is 3. The maximum atomic E-state index is 12.2. The zero-order valence-electron chi connectivity index (χ0n) is 14.5. The van der Waals surface area contributed by atoms with E-state index < -0.39 is 0 Å². The van der Waals surface area contributed by atoms with Gasteiger partial charge in [0.1, 0.15) is 17.0 Å². The highest BCUT2D eigenvalue weighted by atomic mass is 32.2. The lowest BCUT2D eigenvalue weighted by atomic mass is 10.1. The number of benzene rings is 2. The molecule has 4 N–H and O–H groups in total. The van der Waals surface area contributed by atoms with Crippen molar-refractivity contribution in [2.24, 2.45) is 0 Å². The Bertz CT molecular complexity index is 910. The van der Waals surface area contributed by atoms with Gasteiger partial charge in [-0.3, -0.25) is 15.6 Å². The monoisotopic (exact) mass is 365 g/mol. The van der Waals surface area contributed by atoms with E-state index in [1.54, 1.807) is 12.1 Å². The molecule has 1 heterocycles. The summed E-state index contributed by atoms with van der Waals surface area (Å²) in [7, 11) is 0. The number of nitrogens with one attached hydrogen (secondary N) is 2. The molecule has 0 unspecified atom stereocenters. The van der Waals surface area contributed by atoms with Gasteiger partial charge in [0.15, 0.2) is 5.82 Å². The van der Waals surface area contributed by atoms with Crippen molar-refractivity contribution < 1.29 is 4.79 Å². The number of nitrogens with two attached hydrogens (primary N) is 1. The quantitative estimate of drug-likeness (QED) is 0.473. The Kier molecular flexibility index (Phi) is 5.38. The molecule has 0 saturated carbocycles. The first-order valence-electron chi connectivity index (χ1n) is 8.01. The SMILES string of the molecule is Cc1ccc(Sc2ncnc(NNC(=O)c3ccc(C)cc3)c2N)cc1. The summed E-state index contributed by atoms with van der Waals surface area (Å²) in [5.41, 5.74) is 14.7. The van der Waals surface area contributed by atoms with Crippen LogP contribution in [0.25, 0.3) is 0 Å². The number of hydrogen-bond acceptors (Lipinski definition) is 6. The van der Waals surface area contributed by atoms with Gasteiger partial charge >= 0.3 is 0 Å². The van der Waals surface area contributed by atoms with Crippen LogP contribution in [0.1, 0.15) is 21.5 Å². The molecule has 26 heavy (non-hydrogen) atoms. The van der Waals surface area contributed by atoms with Crippen LogP contribution in [0.2, 0.25) is 0 Å². The Morgan fingerprint density at radius 1 is 0.962 bits per heavy atom. The summed E-state index contributed by atoms with van der Waals surface area (Å²) < 4.78 is 0. The molecule has 0 fully saturated rings. The summed E-state index contributed by atoms with van der Waals surface area (Å²) in [6, 6.07) is 15.3. The van der Waals surface area contributed by atoms with E-state index in [-0.39, 0.29) is 5.91 Å². The molecule has 0 bridgehead atoms. The smallest absolute Gasteiger partial charge is 0.269 e. The second kappa shape index (κ2) is 7.88. The molecular formula is C19H19N5OS. The number of nitrogen functional groups attached to an aromatic ring is 1. The topological polar surface area (TPSA) is 92.9 Å². The Morgan fingerprint density at radius 3 is 2.23 bits per heavy atom. The molecule has 132 valence electrons. The maximum absolute atomic E-state index is 12.2. The van der Waals surface area contributed by atoms with E-state index in [1.807, 2.05) is 50.2 Å². The number of amides is 1. The van der Waals surface area contributed by atoms with Gasteiger partial charge in [-0.2, -0.15) is 0 Å². The lowest BCUT2D eigenvalue weighted by molar-refractivity contribution is 0.0962. The van der Waals surface area contributed by atoms with E-state index in [9.17, 15) is 4.79 Å². The lowest BCUT2D eigenvalue weighted by Gasteiger charge is -2.12. The van der Waals surface area contributed by atoms with Crippen molar-refractivity contribution in [1.82, 2.24) is 15.4 Å². The number of hydrazine groups is 1. The summed E-state index contributed by atoms with van der Waals surface area (Å²) in [5.74, 6) is 0.0887. The van der Waals surface area contributed by atoms with Crippen LogP contribution in [0.3, 0.4) is 0 Å². The molecule has 6 nitrogen and oxygen atoms in total. The molecular weight excluding hydrogens is 346 g/mol. The fourth-order valence-corrected chi connectivity index (χ4v) is 2.97. The van der Waals surface area contributed by atoms with Crippen molar-refractivity contribution >= 4 is 29.2 Å². The van der Waals surface area contributed by atoms with Gasteiger partial charge in [-0.15, -0.1) is 0 Å². The Labute approximate surface area is 156 Å². The predicted molar refractivity (Wildman–Crippen MR) is 104 cm³/mol. The van der Waals surface area contributed by atoms with E-state index >= 15 is 0 Å². The molecule has 1 aromatic heterocycles. The van der Waals surface area contributed by atoms with E-state index in [2.05, 4.69) is 20.8 Å². The van der Waals surface area contributed by atoms with Gasteiger partial charge in [0.05, 0.1) is 0 Å². The highest BCUT2D eigenvalue weighted by molar-refractivity contribution is 7.99. The normalized spacial score (nSPS) is 10.4. The van der Waals surface area contributed by atoms with Crippen LogP contribution >= 0.6 is 11.8 Å². The summed E-state index contributed by atoms with van der Waals surface area (Å²) in [4.78, 5) is 21.5. The molecule has 0 aliphatic heterocycles. The van der Waals surface area contributed by atoms with E-state index in [0.29, 0.717) is 22.1 Å². The number of nitrogens with zero attached hydrogens (tertiary/aromatic N) is 2. The number of aromatic nitrogens is 2. The van der Waals surface area contributed by atoms with Crippen LogP contribution in [0.4, 0.5) is 11.5 Å². The Morgan fingerprint density at radius 2 is 1.58 bits per heavy atom. The summed E-state index contributed by atoms with van der Waals surface area (Å²) >= 11 is 1.44. The van der Waals surface area contributed by atoms with Gasteiger partial charge in [-0.1, -0.05) is 47.2 Å². The fraction of sp³-hybridized carbons (Fsp3) is 0.105. The number of anilines is 2. The van der Waals surface area contributed by atoms with Crippen molar-refractivity contribution in [2.45, 2.75) is 23.8 Å². The largest absolute Gasteiger partial charge is 0.393 e. The third-order valence-corrected chi connectivity index (χ3v) is 4.72. The van der Waals surface area contributed by atoms with Gasteiger partial charge in [-0.25, -0.2) is 9.97 Å². The van der Waals surface area contributed by atoms with E-state index in [4.69, 9.17) is 5.73 Å². The molecule has 0 aliphatic carbocycles. The lowest BCUT2D eigenvalue weighted by Crippen LogP contribution is -2.30. The summed E-state index contributed by atoms with van der Waals surface area (Å²) in [5, 5.41) is 0.621. The van der Waals surface area contributed by atoms with Gasteiger partial charge in [0.2, 0.25) is 0 Å². The molecule has 2 aromatic carbocycles. The predicted octanol–water partition coefficient (Wildman–Crippen LogP) is 3.58. The average molecular weight is 365 g/mol. The standard InChI is InChI=1S/C19H19N5OS/c1-12-3-7-14(8-4-12)18(25)24-23-17-16(20)19(22-11-21-17)26-15-9-5-13(2)6-10-15/h3-11H,20H2,1-2H3,(H,24,25)(H,21,22,23). The Hall–Kier alpha value is -3.06. The molecule has 0 atom stereocenters. The van der Waals surface area contributed by atoms with E-state index in [1.165, 1.54) is 23.7 Å². The summed E-state index contributed by atoms with van der Waals surface area (Å²) in [6.07, 6.45) is 1.41. The van der Waals surface area contributed by atoms with Crippen LogP contribution < -0.4 is 16.6 Å². The number of carbonyl (C=O) groups excluding carboxylic acids is 1. The first kappa shape index (κ1) is 17.8. The maximum Gasteiger partial charge on any atom is 0.269 e. The van der Waals surface area contributed by atoms with Crippen molar-refractivity contribution in [3.63, 3.8) is 0 Å². The molecule has 0 saturated heterocycles. The van der Waals surface area contributed by atoms with Gasteiger partial charge in [0, 0.05) is 10.5 Å². The Balaban J connectivity index is 1.69. The minimum atomic E-state index is -0.268. The molecule has 1 amide bonds.